The van der Waals surface area contributed by atoms with Crippen molar-refractivity contribution in [1.29, 1.82) is 0 Å². The first-order valence-electron chi connectivity index (χ1n) is 11.6. The third-order valence-corrected chi connectivity index (χ3v) is 6.30. The van der Waals surface area contributed by atoms with E-state index in [0.717, 1.165) is 23.3 Å². The Morgan fingerprint density at radius 2 is 1.47 bits per heavy atom. The van der Waals surface area contributed by atoms with Gasteiger partial charge in [0.2, 0.25) is 0 Å². The fraction of sp³-hybridized carbons (Fsp3) is 0.167. The van der Waals surface area contributed by atoms with Crippen molar-refractivity contribution in [3.8, 4) is 11.1 Å². The Labute approximate surface area is 208 Å². The van der Waals surface area contributed by atoms with E-state index in [1.807, 2.05) is 72.5 Å². The van der Waals surface area contributed by atoms with Gasteiger partial charge in [0, 0.05) is 30.3 Å². The molecule has 4 aromatic carbocycles. The van der Waals surface area contributed by atoms with Crippen LogP contribution >= 0.6 is 0 Å². The van der Waals surface area contributed by atoms with Crippen molar-refractivity contribution in [3.05, 3.63) is 131 Å². The van der Waals surface area contributed by atoms with Gasteiger partial charge < -0.3 is 5.11 Å². The fourth-order valence-corrected chi connectivity index (χ4v) is 4.51. The number of hydrogen-bond acceptors (Lipinski definition) is 2. The number of aliphatic carboxylic acids is 1. The van der Waals surface area contributed by atoms with Gasteiger partial charge in [-0.15, -0.1) is 0 Å². The predicted molar refractivity (Wildman–Crippen MR) is 134 cm³/mol. The summed E-state index contributed by atoms with van der Waals surface area (Å²) in [5.74, 6) is -3.23. The summed E-state index contributed by atoms with van der Waals surface area (Å²) in [7, 11) is 0. The Morgan fingerprint density at radius 3 is 2.11 bits per heavy atom. The smallest absolute Gasteiger partial charge is 0.305 e. The zero-order valence-electron chi connectivity index (χ0n) is 19.7. The summed E-state index contributed by atoms with van der Waals surface area (Å²) in [6, 6.07) is 25.5. The van der Waals surface area contributed by atoms with Crippen LogP contribution in [0, 0.1) is 17.5 Å². The monoisotopic (exact) mass is 489 g/mol. The molecule has 1 unspecified atom stereocenters. The number of benzene rings is 4. The van der Waals surface area contributed by atoms with Crippen LogP contribution in [0.25, 0.3) is 11.1 Å². The van der Waals surface area contributed by atoms with Crippen LogP contribution in [0.1, 0.15) is 42.1 Å². The number of nitrogens with zero attached hydrogens (tertiary/aromatic N) is 1. The molecule has 0 aliphatic heterocycles. The van der Waals surface area contributed by atoms with Gasteiger partial charge in [0.15, 0.2) is 0 Å². The highest BCUT2D eigenvalue weighted by Gasteiger charge is 2.29. The van der Waals surface area contributed by atoms with Gasteiger partial charge in [-0.2, -0.15) is 0 Å². The van der Waals surface area contributed by atoms with E-state index >= 15 is 0 Å². The molecule has 0 radical (unpaired) electrons. The Kier molecular flexibility index (Phi) is 7.86. The molecule has 0 saturated carbocycles. The molecule has 6 heteroatoms. The molecule has 0 aromatic heterocycles. The molecule has 2 atom stereocenters. The van der Waals surface area contributed by atoms with Gasteiger partial charge in [0.25, 0.3) is 0 Å². The minimum absolute atomic E-state index is 0.0388. The fourth-order valence-electron chi connectivity index (χ4n) is 4.51. The molecule has 0 amide bonds. The van der Waals surface area contributed by atoms with E-state index in [2.05, 4.69) is 0 Å². The van der Waals surface area contributed by atoms with E-state index in [-0.39, 0.29) is 23.6 Å². The van der Waals surface area contributed by atoms with Crippen LogP contribution in [0.3, 0.4) is 0 Å². The van der Waals surface area contributed by atoms with E-state index in [4.69, 9.17) is 0 Å². The highest BCUT2D eigenvalue weighted by atomic mass is 19.1. The summed E-state index contributed by atoms with van der Waals surface area (Å²) in [6.45, 7) is 2.39. The second kappa shape index (κ2) is 11.2. The zero-order valence-corrected chi connectivity index (χ0v) is 19.7. The Morgan fingerprint density at radius 1 is 0.806 bits per heavy atom. The molecule has 0 spiro atoms. The van der Waals surface area contributed by atoms with Crippen molar-refractivity contribution in [2.45, 2.75) is 32.0 Å². The van der Waals surface area contributed by atoms with Crippen molar-refractivity contribution >= 4 is 5.97 Å². The van der Waals surface area contributed by atoms with Gasteiger partial charge in [-0.3, -0.25) is 9.69 Å². The molecular formula is C30H26F3NO2. The lowest BCUT2D eigenvalue weighted by atomic mass is 9.93. The van der Waals surface area contributed by atoms with E-state index in [9.17, 15) is 23.1 Å². The quantitative estimate of drug-likeness (QED) is 0.264. The van der Waals surface area contributed by atoms with Crippen LogP contribution in [-0.2, 0) is 11.3 Å². The molecule has 0 saturated heterocycles. The van der Waals surface area contributed by atoms with Crippen LogP contribution in [0.5, 0.6) is 0 Å². The maximum Gasteiger partial charge on any atom is 0.305 e. The molecule has 4 aromatic rings. The Bertz CT molecular complexity index is 1330. The third kappa shape index (κ3) is 6.01. The van der Waals surface area contributed by atoms with Gasteiger partial charge in [0.1, 0.15) is 17.5 Å². The Hall–Kier alpha value is -3.90. The van der Waals surface area contributed by atoms with E-state index in [1.54, 1.807) is 6.07 Å². The summed E-state index contributed by atoms with van der Waals surface area (Å²) in [6.07, 6.45) is -0.293. The van der Waals surface area contributed by atoms with Crippen molar-refractivity contribution in [2.24, 2.45) is 0 Å². The first-order valence-corrected chi connectivity index (χ1v) is 11.6. The first-order chi connectivity index (χ1) is 17.3. The number of carbonyl (C=O) groups is 1. The largest absolute Gasteiger partial charge is 0.481 e. The molecule has 3 nitrogen and oxygen atoms in total. The van der Waals surface area contributed by atoms with Gasteiger partial charge in [-0.1, -0.05) is 60.7 Å². The van der Waals surface area contributed by atoms with Crippen LogP contribution in [0.4, 0.5) is 13.2 Å². The molecule has 0 aliphatic rings. The average molecular weight is 490 g/mol. The van der Waals surface area contributed by atoms with Crippen LogP contribution in [0.2, 0.25) is 0 Å². The minimum atomic E-state index is -1.04. The van der Waals surface area contributed by atoms with Gasteiger partial charge >= 0.3 is 5.97 Å². The lowest BCUT2D eigenvalue weighted by molar-refractivity contribution is -0.138. The standard InChI is InChI=1S/C30H26F3NO2/c1-20(22-10-6-3-7-11-22)34(19-21-8-4-2-5-9-21)29(18-30(35)36)24-14-23(15-26(32)16-24)27-13-12-25(31)17-28(27)33/h2-17,20,29H,18-19H2,1H3,(H,35,36)/t20-,29?/m1/s1. The maximum absolute atomic E-state index is 14.9. The number of carboxylic acids is 1. The van der Waals surface area contributed by atoms with E-state index in [1.165, 1.54) is 18.2 Å². The molecule has 184 valence electrons. The molecule has 1 N–H and O–H groups in total. The van der Waals surface area contributed by atoms with Gasteiger partial charge in [0.05, 0.1) is 6.42 Å². The Balaban J connectivity index is 1.83. The molecule has 0 aliphatic carbocycles. The molecular weight excluding hydrogens is 463 g/mol. The maximum atomic E-state index is 14.9. The lowest BCUT2D eigenvalue weighted by Crippen LogP contribution is -2.33. The van der Waals surface area contributed by atoms with Crippen molar-refractivity contribution in [3.63, 3.8) is 0 Å². The number of rotatable bonds is 9. The summed E-state index contributed by atoms with van der Waals surface area (Å²) in [5.41, 5.74) is 2.60. The van der Waals surface area contributed by atoms with Crippen molar-refractivity contribution in [2.75, 3.05) is 0 Å². The lowest BCUT2D eigenvalue weighted by Gasteiger charge is -2.37. The minimum Gasteiger partial charge on any atom is -0.481 e. The second-order valence-electron chi connectivity index (χ2n) is 8.76. The molecule has 0 fully saturated rings. The summed E-state index contributed by atoms with van der Waals surface area (Å²) >= 11 is 0. The highest BCUT2D eigenvalue weighted by Crippen LogP contribution is 2.37. The number of carboxylic acid groups (broad SMARTS) is 1. The topological polar surface area (TPSA) is 40.5 Å². The van der Waals surface area contributed by atoms with Crippen LogP contribution < -0.4 is 0 Å². The number of halogens is 3. The number of hydrogen-bond donors (Lipinski definition) is 1. The zero-order chi connectivity index (χ0) is 25.7. The van der Waals surface area contributed by atoms with E-state index < -0.39 is 29.5 Å². The normalized spacial score (nSPS) is 12.9. The van der Waals surface area contributed by atoms with Crippen LogP contribution in [-0.4, -0.2) is 16.0 Å². The molecule has 0 heterocycles. The van der Waals surface area contributed by atoms with Crippen molar-refractivity contribution in [1.82, 2.24) is 4.90 Å². The third-order valence-electron chi connectivity index (χ3n) is 6.30. The summed E-state index contributed by atoms with van der Waals surface area (Å²) in [5, 5.41) is 9.82. The SMILES string of the molecule is C[C@H](c1ccccc1)N(Cc1ccccc1)C(CC(=O)O)c1cc(F)cc(-c2ccc(F)cc2F)c1. The van der Waals surface area contributed by atoms with Crippen molar-refractivity contribution < 1.29 is 23.1 Å². The summed E-state index contributed by atoms with van der Waals surface area (Å²) in [4.78, 5) is 14.0. The van der Waals surface area contributed by atoms with Gasteiger partial charge in [-0.05, 0) is 59.5 Å². The van der Waals surface area contributed by atoms with E-state index in [0.29, 0.717) is 12.1 Å². The highest BCUT2D eigenvalue weighted by molar-refractivity contribution is 5.69. The second-order valence-corrected chi connectivity index (χ2v) is 8.76. The molecule has 36 heavy (non-hydrogen) atoms. The summed E-state index contributed by atoms with van der Waals surface area (Å²) < 4.78 is 42.9. The first kappa shape index (κ1) is 25.2. The predicted octanol–water partition coefficient (Wildman–Crippen LogP) is 7.55. The molecule has 4 rings (SSSR count). The van der Waals surface area contributed by atoms with Crippen LogP contribution in [0.15, 0.2) is 97.1 Å². The molecule has 0 bridgehead atoms. The van der Waals surface area contributed by atoms with Gasteiger partial charge in [-0.25, -0.2) is 13.2 Å². The average Bonchev–Trinajstić information content (AvgIpc) is 2.86.